The fourth-order valence-corrected chi connectivity index (χ4v) is 6.70. The van der Waals surface area contributed by atoms with E-state index in [2.05, 4.69) is 0 Å². The molecule has 0 bridgehead atoms. The second-order valence-electron chi connectivity index (χ2n) is 7.40. The van der Waals surface area contributed by atoms with E-state index in [9.17, 15) is 35.2 Å². The van der Waals surface area contributed by atoms with Gasteiger partial charge in [-0.05, 0) is 42.8 Å². The summed E-state index contributed by atoms with van der Waals surface area (Å²) < 4.78 is 98.5. The lowest BCUT2D eigenvalue weighted by molar-refractivity contribution is -0.137. The van der Waals surface area contributed by atoms with Gasteiger partial charge in [0.05, 0.1) is 22.6 Å². The van der Waals surface area contributed by atoms with Crippen molar-refractivity contribution in [2.24, 2.45) is 5.92 Å². The Kier molecular flexibility index (Phi) is 4.68. The Hall–Kier alpha value is -2.49. The summed E-state index contributed by atoms with van der Waals surface area (Å²) in [6, 6.07) is 4.42. The van der Waals surface area contributed by atoms with Gasteiger partial charge in [-0.2, -0.15) is 13.2 Å². The monoisotopic (exact) mass is 446 g/mol. The van der Waals surface area contributed by atoms with E-state index < -0.39 is 60.1 Å². The summed E-state index contributed by atoms with van der Waals surface area (Å²) in [5.41, 5.74) is -1.55. The molecule has 0 aromatic heterocycles. The molecule has 0 radical (unpaired) electrons. The number of carbonyl (C=O) groups is 1. The molecule has 1 heterocycles. The highest BCUT2D eigenvalue weighted by atomic mass is 32.2. The molecule has 0 amide bonds. The number of hydrogen-bond donors (Lipinski definition) is 0. The van der Waals surface area contributed by atoms with Crippen LogP contribution in [0.15, 0.2) is 41.3 Å². The highest BCUT2D eigenvalue weighted by molar-refractivity contribution is 7.92. The number of ketones is 1. The van der Waals surface area contributed by atoms with Crippen molar-refractivity contribution < 1.29 is 39.9 Å². The van der Waals surface area contributed by atoms with Crippen LogP contribution in [-0.2, 0) is 25.6 Å². The predicted molar refractivity (Wildman–Crippen MR) is 94.5 cm³/mol. The number of benzene rings is 2. The molecular weight excluding hydrogens is 431 g/mol. The summed E-state index contributed by atoms with van der Waals surface area (Å²) in [6.07, 6.45) is -5.40. The van der Waals surface area contributed by atoms with Gasteiger partial charge in [-0.3, -0.25) is 4.79 Å². The van der Waals surface area contributed by atoms with Gasteiger partial charge in [0, 0.05) is 18.8 Å². The molecule has 1 aliphatic carbocycles. The number of halogens is 5. The summed E-state index contributed by atoms with van der Waals surface area (Å²) in [6.45, 7) is -0.334. The molecule has 10 heteroatoms. The van der Waals surface area contributed by atoms with E-state index in [-0.39, 0.29) is 31.7 Å². The van der Waals surface area contributed by atoms with Gasteiger partial charge in [-0.1, -0.05) is 0 Å². The van der Waals surface area contributed by atoms with Crippen molar-refractivity contribution in [1.29, 1.82) is 0 Å². The zero-order valence-corrected chi connectivity index (χ0v) is 16.1. The van der Waals surface area contributed by atoms with Gasteiger partial charge in [-0.25, -0.2) is 17.2 Å². The quantitative estimate of drug-likeness (QED) is 0.641. The number of rotatable bonds is 2. The Bertz CT molecular complexity index is 1130. The number of Topliss-reactive ketones (excluding diaryl/α,β-unsaturated/α-hetero) is 1. The zero-order chi connectivity index (χ0) is 21.9. The fourth-order valence-electron chi connectivity index (χ4n) is 4.37. The van der Waals surface area contributed by atoms with E-state index >= 15 is 0 Å². The maximum Gasteiger partial charge on any atom is 0.416 e. The van der Waals surface area contributed by atoms with Gasteiger partial charge in [-0.15, -0.1) is 0 Å². The summed E-state index contributed by atoms with van der Waals surface area (Å²) in [7, 11) is -4.53. The molecule has 0 spiro atoms. The molecule has 2 aliphatic rings. The third-order valence-corrected chi connectivity index (χ3v) is 8.38. The van der Waals surface area contributed by atoms with Crippen LogP contribution >= 0.6 is 0 Å². The van der Waals surface area contributed by atoms with E-state index in [1.807, 2.05) is 0 Å². The van der Waals surface area contributed by atoms with Crippen LogP contribution in [0.2, 0.25) is 0 Å². The topological polar surface area (TPSA) is 60.4 Å². The molecule has 4 nitrogen and oxygen atoms in total. The minimum atomic E-state index is -4.67. The third-order valence-electron chi connectivity index (χ3n) is 5.79. The molecular formula is C20H15F5O4S. The van der Waals surface area contributed by atoms with Crippen molar-refractivity contribution in [2.75, 3.05) is 6.61 Å². The standard InChI is InChI=1S/C20H15F5O4S/c21-15-5-6-16(22)18-17(15)19(8-7-13(26)9-12(19)10-29-18)30(27,28)14-3-1-11(2-4-14)20(23,24)25/h1-6,12H,7-10H2/t12?,19-/m0/s1. The molecule has 2 aromatic carbocycles. The normalized spacial score (nSPS) is 24.0. The second-order valence-corrected chi connectivity index (χ2v) is 9.61. The minimum absolute atomic E-state index is 0.189. The average molecular weight is 446 g/mol. The van der Waals surface area contributed by atoms with Gasteiger partial charge in [0.25, 0.3) is 0 Å². The van der Waals surface area contributed by atoms with Gasteiger partial charge >= 0.3 is 6.18 Å². The summed E-state index contributed by atoms with van der Waals surface area (Å²) >= 11 is 0. The Morgan fingerprint density at radius 3 is 2.27 bits per heavy atom. The maximum atomic E-state index is 14.9. The first kappa shape index (κ1) is 20.8. The first-order valence-electron chi connectivity index (χ1n) is 9.03. The molecule has 1 saturated carbocycles. The Balaban J connectivity index is 1.96. The van der Waals surface area contributed by atoms with Crippen LogP contribution in [0.1, 0.15) is 30.4 Å². The SMILES string of the molecule is O=C1CC[C@@]2(S(=O)(=O)c3ccc(C(F)(F)F)cc3)c3c(F)ccc(F)c3OCC2C1. The molecule has 4 rings (SSSR count). The van der Waals surface area contributed by atoms with Gasteiger partial charge < -0.3 is 4.74 Å². The second kappa shape index (κ2) is 6.76. The third kappa shape index (κ3) is 2.91. The highest BCUT2D eigenvalue weighted by Gasteiger charge is 2.59. The van der Waals surface area contributed by atoms with Crippen molar-refractivity contribution in [3.05, 3.63) is 59.2 Å². The van der Waals surface area contributed by atoms with Crippen LogP contribution in [-0.4, -0.2) is 20.8 Å². The smallest absolute Gasteiger partial charge is 0.416 e. The molecule has 1 fully saturated rings. The van der Waals surface area contributed by atoms with Crippen molar-refractivity contribution in [3.63, 3.8) is 0 Å². The molecule has 2 atom stereocenters. The molecule has 1 aliphatic heterocycles. The fraction of sp³-hybridized carbons (Fsp3) is 0.350. The first-order chi connectivity index (χ1) is 14.0. The van der Waals surface area contributed by atoms with Crippen molar-refractivity contribution >= 4 is 15.6 Å². The number of hydrogen-bond acceptors (Lipinski definition) is 4. The van der Waals surface area contributed by atoms with Crippen molar-refractivity contribution in [2.45, 2.75) is 35.1 Å². The van der Waals surface area contributed by atoms with E-state index in [0.29, 0.717) is 12.1 Å². The molecule has 1 unspecified atom stereocenters. The van der Waals surface area contributed by atoms with Gasteiger partial charge in [0.1, 0.15) is 16.3 Å². The highest BCUT2D eigenvalue weighted by Crippen LogP contribution is 2.56. The first-order valence-corrected chi connectivity index (χ1v) is 10.5. The van der Waals surface area contributed by atoms with E-state index in [1.165, 1.54) is 0 Å². The number of carbonyl (C=O) groups excluding carboxylic acids is 1. The summed E-state index contributed by atoms with van der Waals surface area (Å²) in [5, 5.41) is 0. The van der Waals surface area contributed by atoms with Gasteiger partial charge in [0.2, 0.25) is 0 Å². The molecule has 30 heavy (non-hydrogen) atoms. The molecule has 2 aromatic rings. The maximum absolute atomic E-state index is 14.9. The molecule has 0 saturated heterocycles. The van der Waals surface area contributed by atoms with Crippen LogP contribution in [0.25, 0.3) is 0 Å². The number of ether oxygens (including phenoxy) is 1. The minimum Gasteiger partial charge on any atom is -0.490 e. The Morgan fingerprint density at radius 1 is 1.00 bits per heavy atom. The van der Waals surface area contributed by atoms with Crippen LogP contribution < -0.4 is 4.74 Å². The number of sulfone groups is 1. The Morgan fingerprint density at radius 2 is 1.63 bits per heavy atom. The van der Waals surface area contributed by atoms with E-state index in [0.717, 1.165) is 24.3 Å². The summed E-state index contributed by atoms with van der Waals surface area (Å²) in [5.74, 6) is -3.77. The molecule has 0 N–H and O–H groups in total. The van der Waals surface area contributed by atoms with Gasteiger partial charge in [0.15, 0.2) is 21.4 Å². The van der Waals surface area contributed by atoms with Crippen LogP contribution in [0, 0.1) is 17.6 Å². The largest absolute Gasteiger partial charge is 0.490 e. The number of alkyl halides is 3. The van der Waals surface area contributed by atoms with Crippen LogP contribution in [0.5, 0.6) is 5.75 Å². The summed E-state index contributed by atoms with van der Waals surface area (Å²) in [4.78, 5) is 11.5. The lowest BCUT2D eigenvalue weighted by Crippen LogP contribution is -2.52. The Labute approximate surface area is 168 Å². The van der Waals surface area contributed by atoms with Crippen molar-refractivity contribution in [3.8, 4) is 5.75 Å². The molecule has 160 valence electrons. The van der Waals surface area contributed by atoms with E-state index in [1.54, 1.807) is 0 Å². The predicted octanol–water partition coefficient (Wildman–Crippen LogP) is 4.41. The lowest BCUT2D eigenvalue weighted by Gasteiger charge is -2.46. The average Bonchev–Trinajstić information content (AvgIpc) is 2.69. The van der Waals surface area contributed by atoms with Crippen molar-refractivity contribution in [1.82, 2.24) is 0 Å². The van der Waals surface area contributed by atoms with E-state index in [4.69, 9.17) is 4.74 Å². The lowest BCUT2D eigenvalue weighted by atomic mass is 9.72. The zero-order valence-electron chi connectivity index (χ0n) is 15.3. The van der Waals surface area contributed by atoms with Crippen LogP contribution in [0.3, 0.4) is 0 Å². The number of fused-ring (bicyclic) bond motifs is 3. The van der Waals surface area contributed by atoms with Crippen LogP contribution in [0.4, 0.5) is 22.0 Å².